The summed E-state index contributed by atoms with van der Waals surface area (Å²) in [5, 5.41) is 6.43. The van der Waals surface area contributed by atoms with Gasteiger partial charge in [0.1, 0.15) is 0 Å². The molecule has 0 atom stereocenters. The van der Waals surface area contributed by atoms with Crippen LogP contribution < -0.4 is 4.74 Å². The van der Waals surface area contributed by atoms with Crippen molar-refractivity contribution in [3.05, 3.63) is 18.9 Å². The summed E-state index contributed by atoms with van der Waals surface area (Å²) in [6, 6.07) is 1.77. The predicted octanol–water partition coefficient (Wildman–Crippen LogP) is 1.91. The van der Waals surface area contributed by atoms with Crippen molar-refractivity contribution >= 4 is 0 Å². The van der Waals surface area contributed by atoms with Gasteiger partial charge in [-0.3, -0.25) is 5.10 Å². The predicted molar refractivity (Wildman–Crippen MR) is 40.7 cm³/mol. The number of rotatable bonds is 1. The van der Waals surface area contributed by atoms with Crippen LogP contribution in [0.5, 0.6) is 5.88 Å². The Hall–Kier alpha value is -0.977. The molecule has 78 valence electrons. The van der Waals surface area contributed by atoms with Gasteiger partial charge in [0.25, 0.3) is 0 Å². The fourth-order valence-electron chi connectivity index (χ4n) is 0.467. The monoisotopic (exact) mass is 526 g/mol. The van der Waals surface area contributed by atoms with Crippen LogP contribution in [-0.4, -0.2) is 10.2 Å². The van der Waals surface area contributed by atoms with Gasteiger partial charge in [-0.25, -0.2) is 0 Å². The number of nitrogens with one attached hydrogen (secondary N) is 1. The normalized spacial score (nSPS) is 6.15. The number of aryl methyl sites for hydroxylation is 1. The molecule has 3 nitrogen and oxygen atoms in total. The zero-order valence-corrected chi connectivity index (χ0v) is 16.5. The number of hydrogen-bond donors (Lipinski definition) is 1. The average molecular weight is 526 g/mol. The Kier molecular flexibility index (Phi) is 23.7. The van der Waals surface area contributed by atoms with Crippen molar-refractivity contribution in [1.82, 2.24) is 10.2 Å². The van der Waals surface area contributed by atoms with E-state index in [1.807, 2.05) is 20.8 Å². The van der Waals surface area contributed by atoms with Gasteiger partial charge in [0, 0.05) is 45.3 Å². The third kappa shape index (κ3) is 8.93. The standard InChI is InChI=1S/C5H7N2O.C2H6.2Co.Rf/c1-4-3-5(8-2)7-6-4;1-2;;;/h3H,2H2,1H3,(H,6,7);1-2H3;;;/q-1;;;;. The van der Waals surface area contributed by atoms with E-state index in [9.17, 15) is 0 Å². The second-order valence-electron chi connectivity index (χ2n) is 1.53. The molecular weight excluding hydrogens is 513 g/mol. The molecule has 0 fully saturated rings. The molecule has 13 heavy (non-hydrogen) atoms. The van der Waals surface area contributed by atoms with Crippen LogP contribution in [0.3, 0.4) is 0 Å². The fraction of sp³-hybridized carbons (Fsp3) is 0.429. The second kappa shape index (κ2) is 13.6. The van der Waals surface area contributed by atoms with Gasteiger partial charge in [0.2, 0.25) is 5.88 Å². The maximum atomic E-state index is 4.54. The summed E-state index contributed by atoms with van der Waals surface area (Å²) in [5.74, 6) is 0.530. The van der Waals surface area contributed by atoms with Crippen LogP contribution in [0.4, 0.5) is 0 Å². The minimum atomic E-state index is 0. The molecule has 0 aromatic carbocycles. The van der Waals surface area contributed by atoms with Crippen molar-refractivity contribution in [3.63, 3.8) is 0 Å². The summed E-state index contributed by atoms with van der Waals surface area (Å²) in [4.78, 5) is 0. The van der Waals surface area contributed by atoms with Crippen LogP contribution in [0.2, 0.25) is 0 Å². The Morgan fingerprint density at radius 2 is 1.85 bits per heavy atom. The zero-order chi connectivity index (χ0) is 7.98. The summed E-state index contributed by atoms with van der Waals surface area (Å²) in [6.07, 6.45) is 0. The minimum Gasteiger partial charge on any atom is -0.651 e. The third-order valence-electron chi connectivity index (χ3n) is 0.830. The third-order valence-corrected chi connectivity index (χ3v) is 0.830. The molecule has 0 spiro atoms. The molecule has 1 aromatic rings. The van der Waals surface area contributed by atoms with Crippen LogP contribution >= 0.6 is 0 Å². The van der Waals surface area contributed by atoms with Crippen LogP contribution in [0, 0.1) is 14.0 Å². The van der Waals surface area contributed by atoms with Gasteiger partial charge in [0.15, 0.2) is 0 Å². The van der Waals surface area contributed by atoms with E-state index in [1.165, 1.54) is 0 Å². The van der Waals surface area contributed by atoms with Gasteiger partial charge in [-0.2, -0.15) is 7.11 Å². The number of hydrogen-bond acceptors (Lipinski definition) is 2. The van der Waals surface area contributed by atoms with Crippen LogP contribution in [0.15, 0.2) is 6.07 Å². The maximum Gasteiger partial charge on any atom is 0.200 e. The van der Waals surface area contributed by atoms with Crippen molar-refractivity contribution in [3.8, 4) is 5.88 Å². The zero-order valence-electron chi connectivity index (χ0n) is 8.01. The van der Waals surface area contributed by atoms with E-state index in [2.05, 4.69) is 22.0 Å². The molecule has 1 aromatic heterocycles. The average Bonchev–Trinajstić information content (AvgIpc) is 2.40. The first-order valence-corrected chi connectivity index (χ1v) is 3.27. The summed E-state index contributed by atoms with van der Waals surface area (Å²) in [7, 11) is 3.19. The van der Waals surface area contributed by atoms with Gasteiger partial charge < -0.3 is 4.74 Å². The van der Waals surface area contributed by atoms with Crippen LogP contribution in [-0.2, 0) is 33.6 Å². The van der Waals surface area contributed by atoms with Crippen molar-refractivity contribution in [2.75, 3.05) is 0 Å². The summed E-state index contributed by atoms with van der Waals surface area (Å²) in [6.45, 7) is 5.90. The van der Waals surface area contributed by atoms with Gasteiger partial charge >= 0.3 is 0 Å². The van der Waals surface area contributed by atoms with E-state index >= 15 is 0 Å². The number of ether oxygens (including phenoxy) is 1. The van der Waals surface area contributed by atoms with Crippen LogP contribution in [0.1, 0.15) is 19.5 Å². The molecule has 2 radical (unpaired) electrons. The van der Waals surface area contributed by atoms with Gasteiger partial charge in [-0.1, -0.05) is 13.8 Å². The molecule has 0 saturated carbocycles. The first-order chi connectivity index (χ1) is 4.83. The smallest absolute Gasteiger partial charge is 0.200 e. The largest absolute Gasteiger partial charge is 0.651 e. The van der Waals surface area contributed by atoms with E-state index in [1.54, 1.807) is 6.07 Å². The van der Waals surface area contributed by atoms with E-state index < -0.39 is 0 Å². The van der Waals surface area contributed by atoms with Crippen molar-refractivity contribution in [1.29, 1.82) is 0 Å². The van der Waals surface area contributed by atoms with Gasteiger partial charge in [-0.15, -0.1) is 5.10 Å². The Morgan fingerprint density at radius 3 is 2.00 bits per heavy atom. The molecule has 0 unspecified atom stereocenters. The molecule has 0 bridgehead atoms. The molecule has 0 saturated heterocycles. The SMILES string of the molecule is CC.[CH2-]Oc1cc(C)[nH]n1.[Co].[Co].[Rf]. The summed E-state index contributed by atoms with van der Waals surface area (Å²) in [5.41, 5.74) is 0.976. The molecule has 1 rings (SSSR count). The molecular formula is C7H13Co2N2ORf-. The van der Waals surface area contributed by atoms with E-state index in [0.717, 1.165) is 5.69 Å². The quantitative estimate of drug-likeness (QED) is 0.569. The minimum absolute atomic E-state index is 0. The van der Waals surface area contributed by atoms with Crippen molar-refractivity contribution in [2.45, 2.75) is 20.8 Å². The molecule has 1 N–H and O–H groups in total. The first kappa shape index (κ1) is 22.7. The van der Waals surface area contributed by atoms with Crippen molar-refractivity contribution < 1.29 is 38.3 Å². The number of H-pyrrole nitrogens is 1. The van der Waals surface area contributed by atoms with Crippen molar-refractivity contribution in [2.24, 2.45) is 0 Å². The fourth-order valence-corrected chi connectivity index (χ4v) is 0.467. The van der Waals surface area contributed by atoms with Gasteiger partial charge in [0.05, 0.1) is 0 Å². The first-order valence-electron chi connectivity index (χ1n) is 3.27. The number of nitrogens with zero attached hydrogens (tertiary/aromatic N) is 1. The Labute approximate surface area is 94.0 Å². The topological polar surface area (TPSA) is 37.9 Å². The van der Waals surface area contributed by atoms with E-state index in [0.29, 0.717) is 5.88 Å². The summed E-state index contributed by atoms with van der Waals surface area (Å²) >= 11 is 0. The Bertz CT molecular complexity index is 185. The number of aromatic amines is 1. The van der Waals surface area contributed by atoms with E-state index in [-0.39, 0.29) is 33.6 Å². The maximum absolute atomic E-state index is 4.54. The molecule has 0 amide bonds. The van der Waals surface area contributed by atoms with E-state index in [4.69, 9.17) is 0 Å². The Morgan fingerprint density at radius 1 is 1.38 bits per heavy atom. The number of aromatic nitrogens is 2. The molecule has 6 heteroatoms. The second-order valence-corrected chi connectivity index (χ2v) is 1.53. The molecule has 0 aliphatic carbocycles. The van der Waals surface area contributed by atoms with Crippen LogP contribution in [0.25, 0.3) is 0 Å². The van der Waals surface area contributed by atoms with Gasteiger partial charge in [-0.05, 0) is 6.92 Å². The molecule has 1 heterocycles. The summed E-state index contributed by atoms with van der Waals surface area (Å²) < 4.78 is 4.54. The molecule has 0 aliphatic heterocycles. The Balaban J connectivity index is -0.0000000761. The molecule has 0 aliphatic rings.